The number of allylic oxidation sites excluding steroid dienone is 1. The fourth-order valence-corrected chi connectivity index (χ4v) is 6.56. The smallest absolute Gasteiger partial charge is 0.171 e. The summed E-state index contributed by atoms with van der Waals surface area (Å²) in [5.41, 5.74) is 2.68. The van der Waals surface area contributed by atoms with E-state index in [0.29, 0.717) is 5.92 Å². The van der Waals surface area contributed by atoms with E-state index in [-0.39, 0.29) is 6.04 Å². The van der Waals surface area contributed by atoms with Crippen molar-refractivity contribution in [2.45, 2.75) is 38.1 Å². The van der Waals surface area contributed by atoms with Gasteiger partial charge < -0.3 is 10.6 Å². The van der Waals surface area contributed by atoms with Crippen LogP contribution in [0.5, 0.6) is 0 Å². The van der Waals surface area contributed by atoms with Crippen LogP contribution in [0.4, 0.5) is 0 Å². The largest absolute Gasteiger partial charge is 0.352 e. The van der Waals surface area contributed by atoms with Gasteiger partial charge in [-0.05, 0) is 91.8 Å². The molecule has 0 radical (unpaired) electrons. The summed E-state index contributed by atoms with van der Waals surface area (Å²) in [5.74, 6) is 4.49. The molecule has 1 aliphatic heterocycles. The third-order valence-corrected chi connectivity index (χ3v) is 7.45. The van der Waals surface area contributed by atoms with Crippen molar-refractivity contribution in [3.05, 3.63) is 46.1 Å². The molecule has 24 heavy (non-hydrogen) atoms. The van der Waals surface area contributed by atoms with Gasteiger partial charge in [-0.2, -0.15) is 0 Å². The van der Waals surface area contributed by atoms with E-state index in [9.17, 15) is 0 Å². The van der Waals surface area contributed by atoms with Crippen molar-refractivity contribution in [2.75, 3.05) is 0 Å². The molecule has 2 N–H and O–H groups in total. The Hall–Kier alpha value is -0.870. The Morgan fingerprint density at radius 1 is 0.917 bits per heavy atom. The highest BCUT2D eigenvalue weighted by Gasteiger charge is 2.49. The highest BCUT2D eigenvalue weighted by atomic mass is 79.9. The maximum Gasteiger partial charge on any atom is 0.171 e. The van der Waals surface area contributed by atoms with Gasteiger partial charge in [0.1, 0.15) is 0 Å². The first-order valence-corrected chi connectivity index (χ1v) is 10.4. The lowest BCUT2D eigenvalue weighted by atomic mass is 9.51. The van der Waals surface area contributed by atoms with Crippen LogP contribution in [-0.2, 0) is 0 Å². The van der Waals surface area contributed by atoms with Crippen molar-refractivity contribution in [3.8, 4) is 0 Å². The molecule has 126 valence electrons. The average Bonchev–Trinajstić information content (AvgIpc) is 2.54. The number of nitrogens with one attached hydrogen (secondary N) is 2. The zero-order chi connectivity index (χ0) is 16.3. The van der Waals surface area contributed by atoms with E-state index in [1.807, 2.05) is 0 Å². The van der Waals surface area contributed by atoms with Crippen LogP contribution in [0.15, 0.2) is 40.5 Å². The van der Waals surface area contributed by atoms with Crippen LogP contribution in [0.1, 0.15) is 43.7 Å². The highest BCUT2D eigenvalue weighted by molar-refractivity contribution is 9.10. The van der Waals surface area contributed by atoms with Gasteiger partial charge in [-0.25, -0.2) is 0 Å². The van der Waals surface area contributed by atoms with Gasteiger partial charge in [0.15, 0.2) is 5.11 Å². The van der Waals surface area contributed by atoms with Crippen molar-refractivity contribution in [1.29, 1.82) is 0 Å². The van der Waals surface area contributed by atoms with Crippen LogP contribution < -0.4 is 10.6 Å². The molecule has 1 aromatic carbocycles. The van der Waals surface area contributed by atoms with Gasteiger partial charge in [-0.3, -0.25) is 0 Å². The van der Waals surface area contributed by atoms with Gasteiger partial charge in [0.25, 0.3) is 0 Å². The summed E-state index contributed by atoms with van der Waals surface area (Å²) in [6.45, 7) is 0. The lowest BCUT2D eigenvalue weighted by Gasteiger charge is -2.55. The Bertz CT molecular complexity index is 668. The van der Waals surface area contributed by atoms with E-state index < -0.39 is 0 Å². The molecule has 1 atom stereocenters. The molecule has 0 saturated heterocycles. The van der Waals surface area contributed by atoms with Crippen LogP contribution in [0.25, 0.3) is 0 Å². The second-order valence-corrected chi connectivity index (χ2v) is 9.53. The van der Waals surface area contributed by atoms with E-state index in [4.69, 9.17) is 12.2 Å². The van der Waals surface area contributed by atoms with E-state index in [2.05, 4.69) is 56.9 Å². The summed E-state index contributed by atoms with van der Waals surface area (Å²) in [5, 5.41) is 7.75. The Morgan fingerprint density at radius 3 is 2.17 bits per heavy atom. The van der Waals surface area contributed by atoms with Gasteiger partial charge in [-0.1, -0.05) is 28.1 Å². The predicted octanol–water partition coefficient (Wildman–Crippen LogP) is 4.92. The monoisotopic (exact) mass is 402 g/mol. The first-order chi connectivity index (χ1) is 11.7. The van der Waals surface area contributed by atoms with Crippen LogP contribution in [0, 0.1) is 29.6 Å². The quantitative estimate of drug-likeness (QED) is 0.686. The molecule has 1 aromatic rings. The van der Waals surface area contributed by atoms with Gasteiger partial charge in [0.2, 0.25) is 0 Å². The molecule has 2 nitrogen and oxygen atoms in total. The minimum atomic E-state index is 0.194. The van der Waals surface area contributed by atoms with Crippen LogP contribution in [-0.4, -0.2) is 5.11 Å². The Labute approximate surface area is 157 Å². The maximum absolute atomic E-state index is 5.55. The van der Waals surface area contributed by atoms with Crippen molar-refractivity contribution in [3.63, 3.8) is 0 Å². The third-order valence-electron chi connectivity index (χ3n) is 6.71. The number of halogens is 1. The molecule has 5 aliphatic rings. The summed E-state index contributed by atoms with van der Waals surface area (Å²) in [4.78, 5) is 0. The van der Waals surface area contributed by atoms with E-state index >= 15 is 0 Å². The average molecular weight is 403 g/mol. The minimum absolute atomic E-state index is 0.194. The van der Waals surface area contributed by atoms with E-state index in [1.54, 1.807) is 0 Å². The summed E-state index contributed by atoms with van der Waals surface area (Å²) < 4.78 is 1.12. The summed E-state index contributed by atoms with van der Waals surface area (Å²) >= 11 is 9.07. The molecule has 1 heterocycles. The molecular formula is C20H23BrN2S. The Kier molecular flexibility index (Phi) is 3.75. The second-order valence-electron chi connectivity index (χ2n) is 8.21. The van der Waals surface area contributed by atoms with Crippen LogP contribution in [0.3, 0.4) is 0 Å². The topological polar surface area (TPSA) is 24.1 Å². The molecule has 4 fully saturated rings. The Balaban J connectivity index is 1.46. The fourth-order valence-electron chi connectivity index (χ4n) is 6.05. The number of hydrogen-bond acceptors (Lipinski definition) is 1. The van der Waals surface area contributed by atoms with Crippen LogP contribution >= 0.6 is 28.1 Å². The Morgan fingerprint density at radius 2 is 1.54 bits per heavy atom. The first-order valence-electron chi connectivity index (χ1n) is 9.20. The number of hydrogen-bond donors (Lipinski definition) is 2. The molecular weight excluding hydrogens is 380 g/mol. The number of benzene rings is 1. The molecule has 4 bridgehead atoms. The minimum Gasteiger partial charge on any atom is -0.352 e. The van der Waals surface area contributed by atoms with Crippen molar-refractivity contribution >= 4 is 33.3 Å². The van der Waals surface area contributed by atoms with Crippen LogP contribution in [0.2, 0.25) is 0 Å². The zero-order valence-corrected chi connectivity index (χ0v) is 16.1. The van der Waals surface area contributed by atoms with Crippen molar-refractivity contribution in [2.24, 2.45) is 29.6 Å². The normalized spacial score (nSPS) is 40.0. The number of thiocarbonyl (C=S) groups is 1. The molecule has 4 aliphatic carbocycles. The van der Waals surface area contributed by atoms with Gasteiger partial charge in [-0.15, -0.1) is 0 Å². The van der Waals surface area contributed by atoms with E-state index in [0.717, 1.165) is 33.3 Å². The molecule has 0 spiro atoms. The van der Waals surface area contributed by atoms with Gasteiger partial charge in [0, 0.05) is 16.1 Å². The third kappa shape index (κ3) is 2.62. The summed E-state index contributed by atoms with van der Waals surface area (Å²) in [6.07, 6.45) is 9.69. The van der Waals surface area contributed by atoms with Gasteiger partial charge in [0.05, 0.1) is 6.04 Å². The highest BCUT2D eigenvalue weighted by Crippen LogP contribution is 2.58. The summed E-state index contributed by atoms with van der Waals surface area (Å²) in [6, 6.07) is 8.78. The molecule has 6 rings (SSSR count). The van der Waals surface area contributed by atoms with Crippen molar-refractivity contribution < 1.29 is 0 Å². The van der Waals surface area contributed by atoms with Gasteiger partial charge >= 0.3 is 0 Å². The standard InChI is InChI=1S/C20H23BrN2S/c21-16-3-1-13(2-4-16)17-10-18(23-20(24)22-17)19-14-6-11-5-12(8-14)9-15(19)7-11/h1-4,10-12,14-15,17,19H,5-9H2,(H2,22,23,24)/t11?,12?,14?,15?,17-,19?/m1/s1. The maximum atomic E-state index is 5.55. The first kappa shape index (κ1) is 15.4. The second kappa shape index (κ2) is 5.84. The molecule has 4 heteroatoms. The fraction of sp³-hybridized carbons (Fsp3) is 0.550. The number of rotatable bonds is 2. The predicted molar refractivity (Wildman–Crippen MR) is 104 cm³/mol. The lowest BCUT2D eigenvalue weighted by Crippen LogP contribution is -2.51. The molecule has 4 saturated carbocycles. The molecule has 0 amide bonds. The zero-order valence-electron chi connectivity index (χ0n) is 13.7. The molecule has 0 aromatic heterocycles. The molecule has 0 unspecified atom stereocenters. The lowest BCUT2D eigenvalue weighted by molar-refractivity contribution is -0.0226. The summed E-state index contributed by atoms with van der Waals surface area (Å²) in [7, 11) is 0. The van der Waals surface area contributed by atoms with Crippen molar-refractivity contribution in [1.82, 2.24) is 10.6 Å². The van der Waals surface area contributed by atoms with E-state index in [1.165, 1.54) is 43.4 Å². The SMILES string of the molecule is S=C1NC(C2C3CC4CC(C3)CC2C4)=C[C@H](c2ccc(Br)cc2)N1.